The maximum absolute atomic E-state index is 12.1. The lowest BCUT2D eigenvalue weighted by molar-refractivity contribution is -0.132. The summed E-state index contributed by atoms with van der Waals surface area (Å²) in [5.41, 5.74) is 0.756. The van der Waals surface area contributed by atoms with Crippen molar-refractivity contribution >= 4 is 11.7 Å². The molecule has 4 nitrogen and oxygen atoms in total. The van der Waals surface area contributed by atoms with E-state index in [1.54, 1.807) is 0 Å². The molecule has 2 aliphatic rings. The highest BCUT2D eigenvalue weighted by atomic mass is 16.2. The van der Waals surface area contributed by atoms with Gasteiger partial charge in [0.1, 0.15) is 0 Å². The third-order valence-electron chi connectivity index (χ3n) is 4.00. The van der Waals surface area contributed by atoms with E-state index in [-0.39, 0.29) is 17.6 Å². The van der Waals surface area contributed by atoms with Crippen LogP contribution in [-0.2, 0) is 11.3 Å². The van der Waals surface area contributed by atoms with Crippen molar-refractivity contribution in [3.8, 4) is 0 Å². The van der Waals surface area contributed by atoms with Gasteiger partial charge in [-0.3, -0.25) is 9.59 Å². The lowest BCUT2D eigenvalue weighted by atomic mass is 9.99. The van der Waals surface area contributed by atoms with Gasteiger partial charge in [-0.15, -0.1) is 0 Å². The van der Waals surface area contributed by atoms with Crippen molar-refractivity contribution in [1.29, 1.82) is 0 Å². The Hall–Kier alpha value is -1.58. The summed E-state index contributed by atoms with van der Waals surface area (Å²) in [4.78, 5) is 26.1. The number of carbonyl (C=O) groups excluding carboxylic acids is 2. The quantitative estimate of drug-likeness (QED) is 0.797. The predicted octanol–water partition coefficient (Wildman–Crippen LogP) is 1.70. The number of likely N-dealkylation sites (tertiary alicyclic amines) is 1. The zero-order chi connectivity index (χ0) is 12.5. The second-order valence-electron chi connectivity index (χ2n) is 5.25. The third-order valence-corrected chi connectivity index (χ3v) is 4.00. The van der Waals surface area contributed by atoms with E-state index in [9.17, 15) is 9.59 Å². The normalized spacial score (nSPS) is 23.2. The molecule has 2 aliphatic heterocycles. The van der Waals surface area contributed by atoms with Crippen molar-refractivity contribution in [1.82, 2.24) is 9.47 Å². The summed E-state index contributed by atoms with van der Waals surface area (Å²) < 4.78 is 1.95. The molecule has 0 bridgehead atoms. The van der Waals surface area contributed by atoms with E-state index in [1.165, 1.54) is 6.42 Å². The fourth-order valence-electron chi connectivity index (χ4n) is 2.97. The molecule has 0 aromatic carbocycles. The van der Waals surface area contributed by atoms with Gasteiger partial charge in [0.05, 0.1) is 11.6 Å². The number of aromatic nitrogens is 1. The number of hydrogen-bond acceptors (Lipinski definition) is 2. The van der Waals surface area contributed by atoms with Gasteiger partial charge < -0.3 is 9.47 Å². The molecule has 3 heterocycles. The Balaban J connectivity index is 1.62. The summed E-state index contributed by atoms with van der Waals surface area (Å²) in [7, 11) is 0. The molecule has 0 aliphatic carbocycles. The Morgan fingerprint density at radius 1 is 1.28 bits per heavy atom. The predicted molar refractivity (Wildman–Crippen MR) is 67.3 cm³/mol. The first kappa shape index (κ1) is 11.5. The average Bonchev–Trinajstić information content (AvgIpc) is 2.95. The van der Waals surface area contributed by atoms with Gasteiger partial charge >= 0.3 is 0 Å². The monoisotopic (exact) mass is 246 g/mol. The minimum absolute atomic E-state index is 0.130. The summed E-state index contributed by atoms with van der Waals surface area (Å²) in [6, 6.07) is 3.73. The number of ketones is 1. The molecule has 18 heavy (non-hydrogen) atoms. The van der Waals surface area contributed by atoms with Crippen molar-refractivity contribution in [2.75, 3.05) is 13.1 Å². The summed E-state index contributed by atoms with van der Waals surface area (Å²) >= 11 is 0. The molecule has 1 unspecified atom stereocenters. The molecule has 3 rings (SSSR count). The zero-order valence-corrected chi connectivity index (χ0v) is 10.5. The van der Waals surface area contributed by atoms with Crippen LogP contribution in [0.1, 0.15) is 36.2 Å². The molecule has 1 atom stereocenters. The van der Waals surface area contributed by atoms with Gasteiger partial charge in [-0.05, 0) is 31.4 Å². The van der Waals surface area contributed by atoms with Gasteiger partial charge in [-0.2, -0.15) is 0 Å². The van der Waals surface area contributed by atoms with Gasteiger partial charge in [0.25, 0.3) is 0 Å². The number of nitrogens with zero attached hydrogens (tertiary/aromatic N) is 2. The van der Waals surface area contributed by atoms with Gasteiger partial charge in [0, 0.05) is 32.3 Å². The maximum atomic E-state index is 12.1. The summed E-state index contributed by atoms with van der Waals surface area (Å²) in [5.74, 6) is 0.139. The van der Waals surface area contributed by atoms with E-state index in [1.807, 2.05) is 27.8 Å². The number of Topliss-reactive ketones (excluding diaryl/α,β-unsaturated/α-hetero) is 1. The van der Waals surface area contributed by atoms with E-state index in [2.05, 4.69) is 0 Å². The van der Waals surface area contributed by atoms with Crippen LogP contribution >= 0.6 is 0 Å². The Morgan fingerprint density at radius 3 is 2.78 bits per heavy atom. The molecular weight excluding hydrogens is 228 g/mol. The molecule has 1 amide bonds. The second-order valence-corrected chi connectivity index (χ2v) is 5.25. The van der Waals surface area contributed by atoms with Crippen LogP contribution in [0.4, 0.5) is 0 Å². The van der Waals surface area contributed by atoms with Crippen molar-refractivity contribution in [3.63, 3.8) is 0 Å². The Morgan fingerprint density at radius 2 is 2.06 bits per heavy atom. The number of amides is 1. The van der Waals surface area contributed by atoms with Crippen molar-refractivity contribution in [3.05, 3.63) is 24.0 Å². The van der Waals surface area contributed by atoms with Gasteiger partial charge in [0.2, 0.25) is 5.91 Å². The lowest BCUT2D eigenvalue weighted by Gasteiger charge is -2.27. The molecule has 1 aromatic rings. The van der Waals surface area contributed by atoms with Crippen LogP contribution < -0.4 is 0 Å². The smallest absolute Gasteiger partial charge is 0.223 e. The lowest BCUT2D eigenvalue weighted by Crippen LogP contribution is -2.37. The van der Waals surface area contributed by atoms with Crippen LogP contribution in [0.2, 0.25) is 0 Å². The Labute approximate surface area is 107 Å². The molecule has 0 saturated carbocycles. The van der Waals surface area contributed by atoms with E-state index in [4.69, 9.17) is 0 Å². The standard InChI is InChI=1S/C14H18N2O2/c17-13(15-6-2-1-3-7-15)9-11-10-16-8-4-5-12(16)14(11)18/h4-5,8,11H,1-3,6-7,9-10H2. The zero-order valence-electron chi connectivity index (χ0n) is 10.5. The molecule has 1 saturated heterocycles. The minimum Gasteiger partial charge on any atom is -0.344 e. The van der Waals surface area contributed by atoms with Gasteiger partial charge in [-0.1, -0.05) is 0 Å². The van der Waals surface area contributed by atoms with Crippen molar-refractivity contribution in [2.24, 2.45) is 5.92 Å². The fourth-order valence-corrected chi connectivity index (χ4v) is 2.97. The first-order chi connectivity index (χ1) is 8.75. The van der Waals surface area contributed by atoms with E-state index >= 15 is 0 Å². The number of rotatable bonds is 2. The molecule has 0 radical (unpaired) electrons. The highest BCUT2D eigenvalue weighted by molar-refractivity contribution is 6.00. The molecule has 96 valence electrons. The van der Waals surface area contributed by atoms with Crippen molar-refractivity contribution in [2.45, 2.75) is 32.2 Å². The van der Waals surface area contributed by atoms with Crippen LogP contribution in [0.15, 0.2) is 18.3 Å². The van der Waals surface area contributed by atoms with E-state index in [0.29, 0.717) is 13.0 Å². The number of piperidine rings is 1. The van der Waals surface area contributed by atoms with E-state index in [0.717, 1.165) is 31.6 Å². The second kappa shape index (κ2) is 4.59. The molecule has 1 fully saturated rings. The average molecular weight is 246 g/mol. The van der Waals surface area contributed by atoms with Crippen LogP contribution in [0.25, 0.3) is 0 Å². The largest absolute Gasteiger partial charge is 0.344 e. The van der Waals surface area contributed by atoms with Crippen LogP contribution in [0, 0.1) is 5.92 Å². The van der Waals surface area contributed by atoms with Crippen molar-refractivity contribution < 1.29 is 9.59 Å². The number of hydrogen-bond donors (Lipinski definition) is 0. The Bertz CT molecular complexity index is 472. The molecule has 0 N–H and O–H groups in total. The van der Waals surface area contributed by atoms with Gasteiger partial charge in [0.15, 0.2) is 5.78 Å². The summed E-state index contributed by atoms with van der Waals surface area (Å²) in [5, 5.41) is 0. The van der Waals surface area contributed by atoms with Crippen LogP contribution in [0.3, 0.4) is 0 Å². The molecule has 1 aromatic heterocycles. The minimum atomic E-state index is -0.143. The fraction of sp³-hybridized carbons (Fsp3) is 0.571. The first-order valence-electron chi connectivity index (χ1n) is 6.73. The first-order valence-corrected chi connectivity index (χ1v) is 6.73. The molecular formula is C14H18N2O2. The Kier molecular flexibility index (Phi) is 2.94. The highest BCUT2D eigenvalue weighted by Crippen LogP contribution is 2.24. The molecule has 0 spiro atoms. The third kappa shape index (κ3) is 1.96. The number of carbonyl (C=O) groups is 2. The number of fused-ring (bicyclic) bond motifs is 1. The highest BCUT2D eigenvalue weighted by Gasteiger charge is 2.33. The topological polar surface area (TPSA) is 42.3 Å². The van der Waals surface area contributed by atoms with Crippen LogP contribution in [-0.4, -0.2) is 34.2 Å². The summed E-state index contributed by atoms with van der Waals surface area (Å²) in [6.45, 7) is 2.40. The van der Waals surface area contributed by atoms with E-state index < -0.39 is 0 Å². The maximum Gasteiger partial charge on any atom is 0.223 e. The SMILES string of the molecule is O=C1c2cccn2CC1CC(=O)N1CCCCC1. The van der Waals surface area contributed by atoms with Gasteiger partial charge in [-0.25, -0.2) is 0 Å². The van der Waals surface area contributed by atoms with Crippen LogP contribution in [0.5, 0.6) is 0 Å². The summed E-state index contributed by atoms with van der Waals surface area (Å²) in [6.07, 6.45) is 5.71. The molecule has 4 heteroatoms.